The van der Waals surface area contributed by atoms with Gasteiger partial charge in [0.15, 0.2) is 0 Å². The molecule has 0 aliphatic carbocycles. The lowest BCUT2D eigenvalue weighted by atomic mass is 9.94. The van der Waals surface area contributed by atoms with Crippen LogP contribution >= 0.6 is 0 Å². The smallest absolute Gasteiger partial charge is 0.371 e. The molecule has 16 heavy (non-hydrogen) atoms. The Labute approximate surface area is 95.6 Å². The van der Waals surface area contributed by atoms with Gasteiger partial charge in [0.25, 0.3) is 0 Å². The molecule has 0 saturated heterocycles. The highest BCUT2D eigenvalue weighted by atomic mass is 16.4. The third-order valence-corrected chi connectivity index (χ3v) is 3.58. The number of carbonyl (C=O) groups is 2. The summed E-state index contributed by atoms with van der Waals surface area (Å²) < 4.78 is -0.198. The first kappa shape index (κ1) is 14.6. The van der Waals surface area contributed by atoms with E-state index in [-0.39, 0.29) is 10.5 Å². The van der Waals surface area contributed by atoms with Crippen molar-refractivity contribution in [2.45, 2.75) is 31.8 Å². The van der Waals surface area contributed by atoms with E-state index in [1.165, 1.54) is 6.92 Å². The number of hydrogen-bond acceptors (Lipinski definition) is 3. The third kappa shape index (κ3) is 2.09. The predicted molar refractivity (Wildman–Crippen MR) is 57.4 cm³/mol. The quantitative estimate of drug-likeness (QED) is 0.382. The molecule has 0 fully saturated rings. The highest BCUT2D eigenvalue weighted by Crippen LogP contribution is 2.26. The largest absolute Gasteiger partial charge is 0.543 e. The summed E-state index contributed by atoms with van der Waals surface area (Å²) in [6, 6.07) is -0.184. The summed E-state index contributed by atoms with van der Waals surface area (Å²) in [7, 11) is 3.14. The van der Waals surface area contributed by atoms with Gasteiger partial charge in [-0.25, -0.2) is 4.79 Å². The van der Waals surface area contributed by atoms with Crippen LogP contribution < -0.4 is 5.11 Å². The SMILES string of the molecule is C=CCC(C)[N+](C)(C)C(C)(C(=O)[O-])C(=O)O. The Kier molecular flexibility index (Phi) is 4.26. The van der Waals surface area contributed by atoms with E-state index in [0.717, 1.165) is 0 Å². The summed E-state index contributed by atoms with van der Waals surface area (Å²) >= 11 is 0. The molecule has 0 aromatic carbocycles. The number of quaternary nitrogens is 1. The third-order valence-electron chi connectivity index (χ3n) is 3.58. The number of aliphatic carboxylic acids is 2. The molecule has 0 amide bonds. The minimum atomic E-state index is -1.97. The molecule has 0 aromatic heterocycles. The van der Waals surface area contributed by atoms with Crippen LogP contribution in [0.3, 0.4) is 0 Å². The summed E-state index contributed by atoms with van der Waals surface area (Å²) in [5.74, 6) is -2.98. The molecule has 0 aliphatic heterocycles. The number of carboxylic acid groups (broad SMARTS) is 2. The molecule has 5 nitrogen and oxygen atoms in total. The second kappa shape index (κ2) is 4.65. The van der Waals surface area contributed by atoms with E-state index in [1.54, 1.807) is 27.1 Å². The number of hydrogen-bond donors (Lipinski definition) is 1. The monoisotopic (exact) mass is 229 g/mol. The highest BCUT2D eigenvalue weighted by Gasteiger charge is 2.52. The first-order valence-corrected chi connectivity index (χ1v) is 5.01. The van der Waals surface area contributed by atoms with Crippen molar-refractivity contribution in [2.75, 3.05) is 14.1 Å². The fourth-order valence-corrected chi connectivity index (χ4v) is 1.51. The molecule has 0 rings (SSSR count). The van der Waals surface area contributed by atoms with Crippen LogP contribution in [0.5, 0.6) is 0 Å². The minimum Gasteiger partial charge on any atom is -0.543 e. The summed E-state index contributed by atoms with van der Waals surface area (Å²) in [6.07, 6.45) is 2.17. The van der Waals surface area contributed by atoms with Gasteiger partial charge in [0.05, 0.1) is 20.1 Å². The fraction of sp³-hybridized carbons (Fsp3) is 0.636. The maximum atomic E-state index is 11.2. The van der Waals surface area contributed by atoms with Crippen molar-refractivity contribution in [2.24, 2.45) is 0 Å². The zero-order valence-electron chi connectivity index (χ0n) is 10.2. The van der Waals surface area contributed by atoms with Crippen molar-refractivity contribution in [1.29, 1.82) is 0 Å². The Hall–Kier alpha value is -1.36. The van der Waals surface area contributed by atoms with Crippen LogP contribution in [0.2, 0.25) is 0 Å². The molecular formula is C11H19NO4. The Bertz CT molecular complexity index is 295. The van der Waals surface area contributed by atoms with Crippen LogP contribution in [0.15, 0.2) is 12.7 Å². The Balaban J connectivity index is 5.44. The normalized spacial score (nSPS) is 17.2. The highest BCUT2D eigenvalue weighted by molar-refractivity contribution is 6.00. The van der Waals surface area contributed by atoms with Crippen molar-refractivity contribution in [3.8, 4) is 0 Å². The summed E-state index contributed by atoms with van der Waals surface area (Å²) in [5.41, 5.74) is -1.97. The number of rotatable bonds is 6. The lowest BCUT2D eigenvalue weighted by molar-refractivity contribution is -0.944. The zero-order valence-corrected chi connectivity index (χ0v) is 10.2. The van der Waals surface area contributed by atoms with Crippen molar-refractivity contribution in [3.05, 3.63) is 12.7 Å². The van der Waals surface area contributed by atoms with Crippen LogP contribution in [0, 0.1) is 0 Å². The maximum absolute atomic E-state index is 11.2. The van der Waals surface area contributed by atoms with Crippen molar-refractivity contribution < 1.29 is 24.3 Å². The second-order valence-electron chi connectivity index (χ2n) is 4.58. The van der Waals surface area contributed by atoms with Gasteiger partial charge in [0, 0.05) is 13.3 Å². The van der Waals surface area contributed by atoms with Gasteiger partial charge in [-0.3, -0.25) is 0 Å². The Morgan fingerprint density at radius 2 is 2.00 bits per heavy atom. The van der Waals surface area contributed by atoms with E-state index in [2.05, 4.69) is 6.58 Å². The molecule has 0 heterocycles. The van der Waals surface area contributed by atoms with Gasteiger partial charge in [0.2, 0.25) is 5.54 Å². The van der Waals surface area contributed by atoms with Crippen LogP contribution in [0.1, 0.15) is 20.3 Å². The number of nitrogens with zero attached hydrogens (tertiary/aromatic N) is 1. The van der Waals surface area contributed by atoms with Crippen molar-refractivity contribution >= 4 is 11.9 Å². The maximum Gasteiger partial charge on any atom is 0.371 e. The molecule has 92 valence electrons. The van der Waals surface area contributed by atoms with Gasteiger partial charge >= 0.3 is 5.97 Å². The van der Waals surface area contributed by atoms with Crippen LogP contribution in [-0.4, -0.2) is 47.2 Å². The van der Waals surface area contributed by atoms with Crippen LogP contribution in [0.4, 0.5) is 0 Å². The molecule has 1 N–H and O–H groups in total. The summed E-state index contributed by atoms with van der Waals surface area (Å²) in [6.45, 7) is 6.52. The standard InChI is InChI=1S/C11H19NO4/c1-6-7-8(2)12(4,5)11(3,9(13)14)10(15)16/h6,8H,1,7H2,2-5H3,(H-,13,14,15,16). The van der Waals surface area contributed by atoms with Gasteiger partial charge in [-0.2, -0.15) is 0 Å². The average molecular weight is 229 g/mol. The topological polar surface area (TPSA) is 77.4 Å². The molecule has 2 unspecified atom stereocenters. The summed E-state index contributed by atoms with van der Waals surface area (Å²) in [5, 5.41) is 20.2. The van der Waals surface area contributed by atoms with Gasteiger partial charge in [-0.05, 0) is 6.92 Å². The fourth-order valence-electron chi connectivity index (χ4n) is 1.51. The molecule has 5 heteroatoms. The van der Waals surface area contributed by atoms with E-state index < -0.39 is 17.5 Å². The molecule has 0 aliphatic rings. The molecule has 0 saturated carbocycles. The molecule has 2 atom stereocenters. The van der Waals surface area contributed by atoms with E-state index in [4.69, 9.17) is 5.11 Å². The number of carboxylic acids is 2. The van der Waals surface area contributed by atoms with E-state index in [1.807, 2.05) is 0 Å². The minimum absolute atomic E-state index is 0.184. The van der Waals surface area contributed by atoms with Gasteiger partial charge in [0.1, 0.15) is 5.97 Å². The van der Waals surface area contributed by atoms with Gasteiger partial charge < -0.3 is 19.5 Å². The first-order chi connectivity index (χ1) is 7.12. The zero-order chi connectivity index (χ0) is 13.1. The molecule has 0 aromatic rings. The molecule has 0 bridgehead atoms. The average Bonchev–Trinajstić information content (AvgIpc) is 2.15. The lowest BCUT2D eigenvalue weighted by Gasteiger charge is -2.47. The number of carbonyl (C=O) groups excluding carboxylic acids is 1. The van der Waals surface area contributed by atoms with E-state index >= 15 is 0 Å². The van der Waals surface area contributed by atoms with Crippen LogP contribution in [0.25, 0.3) is 0 Å². The van der Waals surface area contributed by atoms with Gasteiger partial charge in [-0.15, -0.1) is 6.58 Å². The van der Waals surface area contributed by atoms with Crippen molar-refractivity contribution in [3.63, 3.8) is 0 Å². The molecular weight excluding hydrogens is 210 g/mol. The lowest BCUT2D eigenvalue weighted by Crippen LogP contribution is -2.72. The Morgan fingerprint density at radius 1 is 1.56 bits per heavy atom. The van der Waals surface area contributed by atoms with E-state index in [0.29, 0.717) is 6.42 Å². The van der Waals surface area contributed by atoms with Gasteiger partial charge in [-0.1, -0.05) is 6.08 Å². The molecule has 0 spiro atoms. The van der Waals surface area contributed by atoms with E-state index in [9.17, 15) is 14.7 Å². The number of likely N-dealkylation sites (N-methyl/N-ethyl adjacent to an activating group) is 1. The summed E-state index contributed by atoms with van der Waals surface area (Å²) in [4.78, 5) is 22.2. The second-order valence-corrected chi connectivity index (χ2v) is 4.58. The van der Waals surface area contributed by atoms with Crippen molar-refractivity contribution in [1.82, 2.24) is 0 Å². The Morgan fingerprint density at radius 3 is 2.25 bits per heavy atom. The molecule has 0 radical (unpaired) electrons. The first-order valence-electron chi connectivity index (χ1n) is 5.01. The predicted octanol–water partition coefficient (Wildman–Crippen LogP) is -0.379. The van der Waals surface area contributed by atoms with Crippen LogP contribution in [-0.2, 0) is 9.59 Å².